The van der Waals surface area contributed by atoms with Crippen molar-refractivity contribution in [1.29, 1.82) is 0 Å². The number of sulfonamides is 1. The topological polar surface area (TPSA) is 116 Å². The van der Waals surface area contributed by atoms with Gasteiger partial charge in [0.05, 0.1) is 12.6 Å². The number of hydrogen-bond donors (Lipinski definition) is 1. The first-order valence-electron chi connectivity index (χ1n) is 9.85. The van der Waals surface area contributed by atoms with E-state index in [1.807, 2.05) is 18.7 Å². The van der Waals surface area contributed by atoms with E-state index in [0.717, 1.165) is 0 Å². The summed E-state index contributed by atoms with van der Waals surface area (Å²) in [6.07, 6.45) is 0. The first kappa shape index (κ1) is 21.7. The first-order chi connectivity index (χ1) is 13.6. The van der Waals surface area contributed by atoms with Gasteiger partial charge in [-0.15, -0.1) is 0 Å². The van der Waals surface area contributed by atoms with E-state index in [4.69, 9.17) is 4.52 Å². The molecule has 2 aliphatic rings. The van der Waals surface area contributed by atoms with E-state index in [1.165, 1.54) is 4.31 Å². The van der Waals surface area contributed by atoms with Crippen LogP contribution in [-0.4, -0.2) is 91.3 Å². The van der Waals surface area contributed by atoms with Crippen molar-refractivity contribution in [2.24, 2.45) is 5.92 Å². The lowest BCUT2D eigenvalue weighted by atomic mass is 9.99. The normalized spacial score (nSPS) is 22.2. The van der Waals surface area contributed by atoms with Gasteiger partial charge in [0.25, 0.3) is 0 Å². The molecule has 0 spiro atoms. The van der Waals surface area contributed by atoms with Crippen molar-refractivity contribution in [3.05, 3.63) is 11.5 Å². The number of aryl methyl sites for hydroxylation is 2. The minimum Gasteiger partial charge on any atom is -0.360 e. The molecule has 0 aliphatic carbocycles. The molecule has 0 radical (unpaired) electrons. The first-order valence-corrected chi connectivity index (χ1v) is 11.3. The maximum Gasteiger partial charge on any atom is 0.248 e. The van der Waals surface area contributed by atoms with Crippen LogP contribution in [0.1, 0.15) is 25.3 Å². The highest BCUT2D eigenvalue weighted by Crippen LogP contribution is 2.24. The molecule has 11 heteroatoms. The number of nitrogens with zero attached hydrogens (tertiary/aromatic N) is 4. The Labute approximate surface area is 171 Å². The lowest BCUT2D eigenvalue weighted by molar-refractivity contribution is -0.138. The number of nitrogens with one attached hydrogen (secondary N) is 1. The largest absolute Gasteiger partial charge is 0.360 e. The molecule has 2 saturated heterocycles. The fraction of sp³-hybridized carbons (Fsp3) is 0.722. The Bertz CT molecular complexity index is 854. The van der Waals surface area contributed by atoms with Crippen molar-refractivity contribution < 1.29 is 22.5 Å². The molecule has 1 atom stereocenters. The van der Waals surface area contributed by atoms with E-state index in [9.17, 15) is 18.0 Å². The highest BCUT2D eigenvalue weighted by molar-refractivity contribution is 7.89. The third-order valence-electron chi connectivity index (χ3n) is 5.49. The zero-order chi connectivity index (χ0) is 21.3. The molecule has 0 aromatic carbocycles. The smallest absolute Gasteiger partial charge is 0.248 e. The predicted octanol–water partition coefficient (Wildman–Crippen LogP) is -0.419. The number of hydrogen-bond acceptors (Lipinski definition) is 7. The fourth-order valence-electron chi connectivity index (χ4n) is 4.06. The van der Waals surface area contributed by atoms with Gasteiger partial charge in [0.15, 0.2) is 5.76 Å². The van der Waals surface area contributed by atoms with Gasteiger partial charge < -0.3 is 14.7 Å². The van der Waals surface area contributed by atoms with Crippen LogP contribution in [0.15, 0.2) is 9.42 Å². The molecule has 2 aliphatic heterocycles. The van der Waals surface area contributed by atoms with Crippen molar-refractivity contribution in [3.8, 4) is 0 Å². The van der Waals surface area contributed by atoms with Gasteiger partial charge in [-0.25, -0.2) is 8.42 Å². The van der Waals surface area contributed by atoms with Gasteiger partial charge in [-0.05, 0) is 19.8 Å². The average Bonchev–Trinajstić information content (AvgIpc) is 3.00. The molecule has 1 unspecified atom stereocenters. The van der Waals surface area contributed by atoms with E-state index >= 15 is 0 Å². The highest BCUT2D eigenvalue weighted by Gasteiger charge is 2.37. The Balaban J connectivity index is 1.62. The second-order valence-electron chi connectivity index (χ2n) is 7.89. The zero-order valence-electron chi connectivity index (χ0n) is 17.3. The van der Waals surface area contributed by atoms with E-state index in [2.05, 4.69) is 10.5 Å². The quantitative estimate of drug-likeness (QED) is 0.678. The molecule has 3 heterocycles. The molecule has 2 amide bonds. The molecule has 1 aromatic rings. The van der Waals surface area contributed by atoms with Gasteiger partial charge in [-0.3, -0.25) is 14.5 Å². The standard InChI is InChI=1S/C18H29N5O5S/c1-12(2)16-18(25)19-5-6-22(16)11-15(24)21-7-9-23(10-8-21)29(26,27)17-13(3)20-28-14(17)4/h12,16H,5-11H2,1-4H3,(H,19,25). The Morgan fingerprint density at radius 3 is 2.41 bits per heavy atom. The molecule has 2 fully saturated rings. The molecule has 29 heavy (non-hydrogen) atoms. The lowest BCUT2D eigenvalue weighted by Crippen LogP contribution is -2.60. The summed E-state index contributed by atoms with van der Waals surface area (Å²) in [5.74, 6) is 0.235. The van der Waals surface area contributed by atoms with E-state index in [0.29, 0.717) is 31.9 Å². The second-order valence-corrected chi connectivity index (χ2v) is 9.76. The van der Waals surface area contributed by atoms with Gasteiger partial charge in [0.2, 0.25) is 21.8 Å². The van der Waals surface area contributed by atoms with Gasteiger partial charge in [0.1, 0.15) is 10.6 Å². The summed E-state index contributed by atoms with van der Waals surface area (Å²) in [7, 11) is -3.71. The van der Waals surface area contributed by atoms with E-state index < -0.39 is 10.0 Å². The number of carbonyl (C=O) groups excluding carboxylic acids is 2. The molecule has 162 valence electrons. The number of rotatable bonds is 5. The van der Waals surface area contributed by atoms with Crippen LogP contribution in [-0.2, 0) is 19.6 Å². The Hall–Kier alpha value is -1.98. The average molecular weight is 428 g/mol. The van der Waals surface area contributed by atoms with Crippen LogP contribution in [0.2, 0.25) is 0 Å². The van der Waals surface area contributed by atoms with Gasteiger partial charge >= 0.3 is 0 Å². The molecule has 10 nitrogen and oxygen atoms in total. The molecule has 0 saturated carbocycles. The van der Waals surface area contributed by atoms with Crippen LogP contribution in [0.4, 0.5) is 0 Å². The number of piperazine rings is 2. The maximum atomic E-state index is 12.9. The van der Waals surface area contributed by atoms with Crippen molar-refractivity contribution in [1.82, 2.24) is 24.6 Å². The molecule has 1 N–H and O–H groups in total. The molecule has 3 rings (SSSR count). The summed E-state index contributed by atoms with van der Waals surface area (Å²) < 4.78 is 32.2. The summed E-state index contributed by atoms with van der Waals surface area (Å²) >= 11 is 0. The zero-order valence-corrected chi connectivity index (χ0v) is 18.2. The predicted molar refractivity (Wildman–Crippen MR) is 105 cm³/mol. The molecule has 1 aromatic heterocycles. The Kier molecular flexibility index (Phi) is 6.30. The summed E-state index contributed by atoms with van der Waals surface area (Å²) in [5.41, 5.74) is 0.337. The van der Waals surface area contributed by atoms with Crippen molar-refractivity contribution in [2.75, 3.05) is 45.8 Å². The molecule has 0 bridgehead atoms. The lowest BCUT2D eigenvalue weighted by Gasteiger charge is -2.39. The van der Waals surface area contributed by atoms with Crippen LogP contribution in [0, 0.1) is 19.8 Å². The summed E-state index contributed by atoms with van der Waals surface area (Å²) in [5, 5.41) is 6.58. The van der Waals surface area contributed by atoms with Crippen LogP contribution in [0.3, 0.4) is 0 Å². The van der Waals surface area contributed by atoms with Crippen LogP contribution in [0.5, 0.6) is 0 Å². The minimum atomic E-state index is -3.71. The van der Waals surface area contributed by atoms with Crippen LogP contribution < -0.4 is 5.32 Å². The molecular weight excluding hydrogens is 398 g/mol. The minimum absolute atomic E-state index is 0.0468. The Morgan fingerprint density at radius 1 is 1.21 bits per heavy atom. The second kappa shape index (κ2) is 8.41. The number of aromatic nitrogens is 1. The van der Waals surface area contributed by atoms with Gasteiger partial charge in [-0.2, -0.15) is 4.31 Å². The van der Waals surface area contributed by atoms with Crippen molar-refractivity contribution in [3.63, 3.8) is 0 Å². The monoisotopic (exact) mass is 427 g/mol. The third-order valence-corrected chi connectivity index (χ3v) is 7.63. The molecular formula is C18H29N5O5S. The fourth-order valence-corrected chi connectivity index (χ4v) is 5.77. The summed E-state index contributed by atoms with van der Waals surface area (Å²) in [4.78, 5) is 28.6. The highest BCUT2D eigenvalue weighted by atomic mass is 32.2. The van der Waals surface area contributed by atoms with Crippen molar-refractivity contribution >= 4 is 21.8 Å². The van der Waals surface area contributed by atoms with Gasteiger partial charge in [0, 0.05) is 39.3 Å². The van der Waals surface area contributed by atoms with E-state index in [-0.39, 0.29) is 54.1 Å². The van der Waals surface area contributed by atoms with Gasteiger partial charge in [-0.1, -0.05) is 19.0 Å². The van der Waals surface area contributed by atoms with E-state index in [1.54, 1.807) is 18.7 Å². The van der Waals surface area contributed by atoms with Crippen LogP contribution >= 0.6 is 0 Å². The SMILES string of the molecule is Cc1noc(C)c1S(=O)(=O)N1CCN(C(=O)CN2CCNC(=O)C2C(C)C)CC1. The number of carbonyl (C=O) groups is 2. The summed E-state index contributed by atoms with van der Waals surface area (Å²) in [6, 6.07) is -0.325. The van der Waals surface area contributed by atoms with Crippen molar-refractivity contribution in [2.45, 2.75) is 38.6 Å². The third kappa shape index (κ3) is 4.31. The summed E-state index contributed by atoms with van der Waals surface area (Å²) in [6.45, 7) is 9.47. The van der Waals surface area contributed by atoms with Crippen LogP contribution in [0.25, 0.3) is 0 Å². The Morgan fingerprint density at radius 2 is 1.86 bits per heavy atom. The number of amides is 2. The maximum absolute atomic E-state index is 12.9.